The van der Waals surface area contributed by atoms with Gasteiger partial charge in [-0.15, -0.1) is 0 Å². The number of nitrogens with zero attached hydrogens (tertiary/aromatic N) is 3. The first-order valence-electron chi connectivity index (χ1n) is 11.8. The van der Waals surface area contributed by atoms with Gasteiger partial charge in [0, 0.05) is 17.3 Å². The fourth-order valence-corrected chi connectivity index (χ4v) is 4.25. The summed E-state index contributed by atoms with van der Waals surface area (Å²) in [5.41, 5.74) is 2.83. The Morgan fingerprint density at radius 3 is 2.54 bits per heavy atom. The van der Waals surface area contributed by atoms with E-state index in [9.17, 15) is 9.59 Å². The first-order valence-corrected chi connectivity index (χ1v) is 12.2. The Balaban J connectivity index is 1.82. The largest absolute Gasteiger partial charge is 0.322 e. The fraction of sp³-hybridized carbons (Fsp3) is 0.250. The Kier molecular flexibility index (Phi) is 7.51. The molecule has 6 nitrogen and oxygen atoms in total. The number of hydrogen-bond acceptors (Lipinski definition) is 3. The van der Waals surface area contributed by atoms with Gasteiger partial charge in [-0.25, -0.2) is 9.78 Å². The third-order valence-electron chi connectivity index (χ3n) is 6.03. The molecule has 3 aromatic carbocycles. The number of halogens is 1. The molecule has 4 rings (SSSR count). The topological polar surface area (TPSA) is 67.2 Å². The normalized spacial score (nSPS) is 11.9. The molecule has 2 amide bonds. The average molecular weight is 489 g/mol. The summed E-state index contributed by atoms with van der Waals surface area (Å²) >= 11 is 6.27. The number of benzene rings is 3. The second-order valence-corrected chi connectivity index (χ2v) is 9.06. The zero-order valence-corrected chi connectivity index (χ0v) is 20.9. The number of unbranched alkanes of at least 4 members (excludes halogenated alkanes) is 1. The van der Waals surface area contributed by atoms with Crippen LogP contribution in [0.15, 0.2) is 77.6 Å². The number of rotatable bonds is 7. The highest BCUT2D eigenvalue weighted by atomic mass is 35.5. The molecule has 0 aliphatic heterocycles. The van der Waals surface area contributed by atoms with Gasteiger partial charge in [0.25, 0.3) is 5.56 Å². The van der Waals surface area contributed by atoms with Crippen LogP contribution in [0.4, 0.5) is 10.5 Å². The van der Waals surface area contributed by atoms with E-state index in [0.29, 0.717) is 39.7 Å². The molecule has 0 aliphatic carbocycles. The van der Waals surface area contributed by atoms with E-state index >= 15 is 0 Å². The molecular formula is C28H29ClN4O2. The Labute approximate surface area is 210 Å². The standard InChI is InChI=1S/C28H29ClN4O2/c1-4-5-17-32(28(35)30-22-15-13-19(2)14-16-22)20(3)26-31-25-12-7-6-11-24(25)27(34)33(26)23-10-8-9-21(29)18-23/h6-16,18,20H,4-5,17H2,1-3H3,(H,30,35). The van der Waals surface area contributed by atoms with E-state index in [1.807, 2.05) is 62.4 Å². The predicted octanol–water partition coefficient (Wildman–Crippen LogP) is 6.74. The van der Waals surface area contributed by atoms with Crippen molar-refractivity contribution < 1.29 is 4.79 Å². The van der Waals surface area contributed by atoms with Gasteiger partial charge >= 0.3 is 6.03 Å². The van der Waals surface area contributed by atoms with E-state index in [4.69, 9.17) is 16.6 Å². The second kappa shape index (κ2) is 10.7. The van der Waals surface area contributed by atoms with Crippen LogP contribution in [0.1, 0.15) is 44.1 Å². The van der Waals surface area contributed by atoms with Gasteiger partial charge in [-0.3, -0.25) is 9.36 Å². The van der Waals surface area contributed by atoms with Crippen molar-refractivity contribution in [3.05, 3.63) is 99.6 Å². The van der Waals surface area contributed by atoms with Crippen LogP contribution in [0, 0.1) is 6.92 Å². The number of nitrogens with one attached hydrogen (secondary N) is 1. The van der Waals surface area contributed by atoms with E-state index < -0.39 is 6.04 Å². The Morgan fingerprint density at radius 2 is 1.83 bits per heavy atom. The Bertz CT molecular complexity index is 1400. The lowest BCUT2D eigenvalue weighted by Crippen LogP contribution is -2.40. The zero-order valence-electron chi connectivity index (χ0n) is 20.2. The third-order valence-corrected chi connectivity index (χ3v) is 6.26. The van der Waals surface area contributed by atoms with Gasteiger partial charge in [-0.2, -0.15) is 0 Å². The van der Waals surface area contributed by atoms with E-state index in [0.717, 1.165) is 18.4 Å². The van der Waals surface area contributed by atoms with Crippen LogP contribution in [0.5, 0.6) is 0 Å². The van der Waals surface area contributed by atoms with Gasteiger partial charge in [-0.1, -0.05) is 60.8 Å². The number of aryl methyl sites for hydroxylation is 1. The number of carbonyl (C=O) groups is 1. The van der Waals surface area contributed by atoms with E-state index in [-0.39, 0.29) is 11.6 Å². The molecule has 0 bridgehead atoms. The van der Waals surface area contributed by atoms with Crippen molar-refractivity contribution in [2.45, 2.75) is 39.7 Å². The average Bonchev–Trinajstić information content (AvgIpc) is 2.85. The molecule has 1 atom stereocenters. The maximum atomic E-state index is 13.7. The van der Waals surface area contributed by atoms with Gasteiger partial charge in [0.15, 0.2) is 0 Å². The highest BCUT2D eigenvalue weighted by Gasteiger charge is 2.27. The maximum absolute atomic E-state index is 13.7. The van der Waals surface area contributed by atoms with Gasteiger partial charge in [0.2, 0.25) is 0 Å². The van der Waals surface area contributed by atoms with Crippen molar-refractivity contribution in [1.29, 1.82) is 0 Å². The van der Waals surface area contributed by atoms with Crippen molar-refractivity contribution in [3.63, 3.8) is 0 Å². The first-order chi connectivity index (χ1) is 16.9. The van der Waals surface area contributed by atoms with Crippen LogP contribution in [0.2, 0.25) is 5.02 Å². The number of fused-ring (bicyclic) bond motifs is 1. The van der Waals surface area contributed by atoms with Crippen LogP contribution in [0.25, 0.3) is 16.6 Å². The number of aromatic nitrogens is 2. The minimum Gasteiger partial charge on any atom is -0.315 e. The van der Waals surface area contributed by atoms with Crippen molar-refractivity contribution in [2.24, 2.45) is 0 Å². The molecular weight excluding hydrogens is 460 g/mol. The van der Waals surface area contributed by atoms with E-state index in [2.05, 4.69) is 12.2 Å². The molecule has 35 heavy (non-hydrogen) atoms. The van der Waals surface area contributed by atoms with Crippen LogP contribution in [-0.2, 0) is 0 Å². The highest BCUT2D eigenvalue weighted by Crippen LogP contribution is 2.25. The molecule has 0 radical (unpaired) electrons. The van der Waals surface area contributed by atoms with Crippen molar-refractivity contribution in [1.82, 2.24) is 14.5 Å². The molecule has 0 saturated carbocycles. The molecule has 1 aromatic heterocycles. The van der Waals surface area contributed by atoms with Crippen LogP contribution in [0.3, 0.4) is 0 Å². The number of para-hydroxylation sites is 1. The molecule has 4 aromatic rings. The molecule has 7 heteroatoms. The minimum atomic E-state index is -0.483. The summed E-state index contributed by atoms with van der Waals surface area (Å²) in [5.74, 6) is 0.478. The number of hydrogen-bond donors (Lipinski definition) is 1. The van der Waals surface area contributed by atoms with Crippen molar-refractivity contribution in [2.75, 3.05) is 11.9 Å². The van der Waals surface area contributed by atoms with E-state index in [1.165, 1.54) is 0 Å². The third kappa shape index (κ3) is 5.38. The summed E-state index contributed by atoms with van der Waals surface area (Å²) in [4.78, 5) is 33.7. The first kappa shape index (κ1) is 24.5. The molecule has 0 spiro atoms. The number of anilines is 1. The van der Waals surface area contributed by atoms with E-state index in [1.54, 1.807) is 33.7 Å². The summed E-state index contributed by atoms with van der Waals surface area (Å²) in [7, 11) is 0. The quantitative estimate of drug-likeness (QED) is 0.313. The minimum absolute atomic E-state index is 0.200. The summed E-state index contributed by atoms with van der Waals surface area (Å²) in [6.45, 7) is 6.51. The molecule has 0 aliphatic rings. The molecule has 180 valence electrons. The lowest BCUT2D eigenvalue weighted by Gasteiger charge is -2.30. The fourth-order valence-electron chi connectivity index (χ4n) is 4.07. The van der Waals surface area contributed by atoms with Crippen LogP contribution >= 0.6 is 11.6 Å². The molecule has 1 unspecified atom stereocenters. The van der Waals surface area contributed by atoms with Crippen molar-refractivity contribution in [3.8, 4) is 5.69 Å². The monoisotopic (exact) mass is 488 g/mol. The predicted molar refractivity (Wildman–Crippen MR) is 143 cm³/mol. The smallest absolute Gasteiger partial charge is 0.315 e. The highest BCUT2D eigenvalue weighted by molar-refractivity contribution is 6.30. The summed E-state index contributed by atoms with van der Waals surface area (Å²) < 4.78 is 1.57. The number of carbonyl (C=O) groups excluding carboxylic acids is 1. The van der Waals surface area contributed by atoms with Crippen molar-refractivity contribution >= 4 is 34.2 Å². The SMILES string of the molecule is CCCCN(C(=O)Nc1ccc(C)cc1)C(C)c1nc2ccccc2c(=O)n1-c1cccc(Cl)c1. The van der Waals surface area contributed by atoms with Gasteiger partial charge in [0.1, 0.15) is 5.82 Å². The molecule has 1 N–H and O–H groups in total. The Morgan fingerprint density at radius 1 is 1.09 bits per heavy atom. The maximum Gasteiger partial charge on any atom is 0.322 e. The number of amides is 2. The zero-order chi connectivity index (χ0) is 24.9. The second-order valence-electron chi connectivity index (χ2n) is 8.63. The lowest BCUT2D eigenvalue weighted by molar-refractivity contribution is 0.188. The summed E-state index contributed by atoms with van der Waals surface area (Å²) in [5, 5.41) is 4.02. The lowest BCUT2D eigenvalue weighted by atomic mass is 10.1. The summed E-state index contributed by atoms with van der Waals surface area (Å²) in [6.07, 6.45) is 1.74. The van der Waals surface area contributed by atoms with Crippen LogP contribution < -0.4 is 10.9 Å². The number of urea groups is 1. The molecule has 0 saturated heterocycles. The Hall–Kier alpha value is -3.64. The van der Waals surface area contributed by atoms with Gasteiger partial charge < -0.3 is 10.2 Å². The molecule has 0 fully saturated rings. The van der Waals surface area contributed by atoms with Crippen LogP contribution in [-0.4, -0.2) is 27.0 Å². The van der Waals surface area contributed by atoms with Gasteiger partial charge in [-0.05, 0) is 62.7 Å². The molecule has 1 heterocycles. The van der Waals surface area contributed by atoms with Gasteiger partial charge in [0.05, 0.1) is 22.6 Å². The summed E-state index contributed by atoms with van der Waals surface area (Å²) in [6, 6.07) is 21.3.